The number of aliphatic imine (C=N–C) groups is 1. The Bertz CT molecular complexity index is 1650. The van der Waals surface area contributed by atoms with Crippen LogP contribution in [0, 0.1) is 6.92 Å². The molecule has 0 aliphatic carbocycles. The minimum absolute atomic E-state index is 0.287. The number of nitrogens with zero attached hydrogens (tertiary/aromatic N) is 5. The van der Waals surface area contributed by atoms with Crippen molar-refractivity contribution in [2.75, 3.05) is 10.7 Å². The average molecular weight is 652 g/mol. The number of hydrogen-bond donors (Lipinski definition) is 0. The number of alkyl halides is 3. The lowest BCUT2D eigenvalue weighted by atomic mass is 9.98. The molecule has 6 nitrogen and oxygen atoms in total. The van der Waals surface area contributed by atoms with Crippen molar-refractivity contribution in [2.24, 2.45) is 4.99 Å². The lowest BCUT2D eigenvalue weighted by Crippen LogP contribution is -2.33. The quantitative estimate of drug-likeness (QED) is 0.126. The van der Waals surface area contributed by atoms with E-state index in [0.717, 1.165) is 47.2 Å². The molecule has 5 rings (SSSR count). The van der Waals surface area contributed by atoms with Crippen molar-refractivity contribution in [3.8, 4) is 22.8 Å². The monoisotopic (exact) mass is 651 g/mol. The molecule has 0 amide bonds. The summed E-state index contributed by atoms with van der Waals surface area (Å²) in [6, 6.07) is 20.6. The van der Waals surface area contributed by atoms with Crippen LogP contribution >= 0.6 is 24.0 Å². The Labute approximate surface area is 271 Å². The van der Waals surface area contributed by atoms with Crippen LogP contribution in [0.1, 0.15) is 62.6 Å². The molecule has 236 valence electrons. The number of anilines is 1. The molecule has 0 radical (unpaired) electrons. The maximum atomic E-state index is 12.4. The van der Waals surface area contributed by atoms with Gasteiger partial charge in [0, 0.05) is 29.5 Å². The van der Waals surface area contributed by atoms with Gasteiger partial charge in [0.1, 0.15) is 17.1 Å². The standard InChI is InChI=1S/C34H36F3N5OS2/c1-22(2)29-18-9-23(3)19-30(29)42-24(4)20-45-33(42)39-31(44)8-6-5-7-25-10-12-26(13-11-25)32-38-21-41(40-32)27-14-16-28(17-15-27)43-34(35,36)37/h9-19,21-22,24H,5-8,20H2,1-4H3. The number of thioether (sulfide) groups is 1. The highest BCUT2D eigenvalue weighted by Crippen LogP contribution is 2.36. The van der Waals surface area contributed by atoms with Gasteiger partial charge in [-0.15, -0.1) is 18.3 Å². The number of aromatic nitrogens is 3. The lowest BCUT2D eigenvalue weighted by Gasteiger charge is -2.27. The van der Waals surface area contributed by atoms with Gasteiger partial charge in [0.2, 0.25) is 0 Å². The molecule has 1 aromatic heterocycles. The Morgan fingerprint density at radius 1 is 1.07 bits per heavy atom. The van der Waals surface area contributed by atoms with Crippen LogP contribution in [0.3, 0.4) is 0 Å². The number of ether oxygens (including phenoxy) is 1. The number of thiocarbonyl (C=S) groups is 1. The van der Waals surface area contributed by atoms with Crippen LogP contribution in [0.2, 0.25) is 0 Å². The van der Waals surface area contributed by atoms with E-state index in [0.29, 0.717) is 23.5 Å². The Kier molecular flexibility index (Phi) is 10.3. The zero-order valence-corrected chi connectivity index (χ0v) is 27.3. The molecule has 1 atom stereocenters. The molecule has 0 bridgehead atoms. The van der Waals surface area contributed by atoms with E-state index in [-0.39, 0.29) is 5.75 Å². The fraction of sp³-hybridized carbons (Fsp3) is 0.353. The third kappa shape index (κ3) is 8.52. The van der Waals surface area contributed by atoms with Gasteiger partial charge in [-0.3, -0.25) is 0 Å². The Hall–Kier alpha value is -3.70. The fourth-order valence-corrected chi connectivity index (χ4v) is 6.63. The highest BCUT2D eigenvalue weighted by Gasteiger charge is 2.31. The summed E-state index contributed by atoms with van der Waals surface area (Å²) in [6.45, 7) is 8.84. The molecule has 2 heterocycles. The van der Waals surface area contributed by atoms with Crippen LogP contribution in [-0.2, 0) is 6.42 Å². The molecular formula is C34H36F3N5OS2. The van der Waals surface area contributed by atoms with Crippen LogP contribution < -0.4 is 9.64 Å². The number of amidine groups is 1. The molecular weight excluding hydrogens is 616 g/mol. The summed E-state index contributed by atoms with van der Waals surface area (Å²) in [5.41, 5.74) is 6.45. The molecule has 1 aliphatic heterocycles. The molecule has 1 saturated heterocycles. The molecule has 0 spiro atoms. The smallest absolute Gasteiger partial charge is 0.406 e. The molecule has 0 N–H and O–H groups in total. The summed E-state index contributed by atoms with van der Waals surface area (Å²) < 4.78 is 42.7. The zero-order chi connectivity index (χ0) is 32.1. The Balaban J connectivity index is 1.13. The zero-order valence-electron chi connectivity index (χ0n) is 25.7. The molecule has 4 aromatic rings. The molecule has 45 heavy (non-hydrogen) atoms. The summed E-state index contributed by atoms with van der Waals surface area (Å²) in [4.78, 5) is 12.4. The number of hydrogen-bond acceptors (Lipinski definition) is 5. The summed E-state index contributed by atoms with van der Waals surface area (Å²) in [5, 5.41) is 5.48. The van der Waals surface area contributed by atoms with Crippen molar-refractivity contribution in [2.45, 2.75) is 71.7 Å². The van der Waals surface area contributed by atoms with Crippen molar-refractivity contribution in [3.05, 3.63) is 89.7 Å². The predicted molar refractivity (Wildman–Crippen MR) is 181 cm³/mol. The van der Waals surface area contributed by atoms with E-state index in [4.69, 9.17) is 17.2 Å². The van der Waals surface area contributed by atoms with Crippen molar-refractivity contribution in [1.29, 1.82) is 0 Å². The predicted octanol–water partition coefficient (Wildman–Crippen LogP) is 9.30. The normalized spacial score (nSPS) is 16.1. The first kappa shape index (κ1) is 32.7. The second-order valence-corrected chi connectivity index (χ2v) is 13.0. The van der Waals surface area contributed by atoms with Gasteiger partial charge in [0.15, 0.2) is 11.0 Å². The van der Waals surface area contributed by atoms with E-state index >= 15 is 0 Å². The summed E-state index contributed by atoms with van der Waals surface area (Å²) in [6.07, 6.45) is 0.447. The Morgan fingerprint density at radius 3 is 2.49 bits per heavy atom. The van der Waals surface area contributed by atoms with Crippen LogP contribution in [0.4, 0.5) is 18.9 Å². The number of halogens is 3. The number of aryl methyl sites for hydroxylation is 2. The summed E-state index contributed by atoms with van der Waals surface area (Å²) in [7, 11) is 0. The molecule has 1 aliphatic rings. The largest absolute Gasteiger partial charge is 0.573 e. The number of rotatable bonds is 10. The second-order valence-electron chi connectivity index (χ2n) is 11.5. The first-order valence-corrected chi connectivity index (χ1v) is 16.4. The first-order chi connectivity index (χ1) is 21.5. The van der Waals surface area contributed by atoms with Crippen molar-refractivity contribution < 1.29 is 17.9 Å². The number of benzene rings is 3. The van der Waals surface area contributed by atoms with Crippen molar-refractivity contribution in [3.63, 3.8) is 0 Å². The summed E-state index contributed by atoms with van der Waals surface area (Å²) in [5.74, 6) is 1.66. The molecule has 1 fully saturated rings. The van der Waals surface area contributed by atoms with Crippen LogP contribution in [-0.4, -0.2) is 43.1 Å². The van der Waals surface area contributed by atoms with Gasteiger partial charge in [-0.05, 0) is 86.1 Å². The van der Waals surface area contributed by atoms with Gasteiger partial charge in [0.25, 0.3) is 0 Å². The van der Waals surface area contributed by atoms with E-state index in [2.05, 4.69) is 77.7 Å². The average Bonchev–Trinajstić information content (AvgIpc) is 3.62. The fourth-order valence-electron chi connectivity index (χ4n) is 5.21. The topological polar surface area (TPSA) is 55.5 Å². The third-order valence-electron chi connectivity index (χ3n) is 7.53. The van der Waals surface area contributed by atoms with E-state index in [1.807, 2.05) is 12.1 Å². The maximum Gasteiger partial charge on any atom is 0.573 e. The van der Waals surface area contributed by atoms with Gasteiger partial charge in [-0.2, -0.15) is 0 Å². The summed E-state index contributed by atoms with van der Waals surface area (Å²) >= 11 is 7.49. The van der Waals surface area contributed by atoms with Gasteiger partial charge >= 0.3 is 6.36 Å². The highest BCUT2D eigenvalue weighted by atomic mass is 32.2. The van der Waals surface area contributed by atoms with Gasteiger partial charge < -0.3 is 9.64 Å². The highest BCUT2D eigenvalue weighted by molar-refractivity contribution is 8.14. The van der Waals surface area contributed by atoms with Crippen LogP contribution in [0.15, 0.2) is 78.0 Å². The SMILES string of the molecule is Cc1ccc(C(C)C)c(N2C(=NC(=S)CCCCc3ccc(-c4ncn(-c5ccc(OC(F)(F)F)cc5)n4)cc3)SCC2C)c1. The van der Waals surface area contributed by atoms with Gasteiger partial charge in [-0.25, -0.2) is 14.7 Å². The first-order valence-electron chi connectivity index (χ1n) is 15.0. The lowest BCUT2D eigenvalue weighted by molar-refractivity contribution is -0.274. The second kappa shape index (κ2) is 14.2. The third-order valence-corrected chi connectivity index (χ3v) is 9.02. The minimum atomic E-state index is -4.73. The van der Waals surface area contributed by atoms with Gasteiger partial charge in [0.05, 0.1) is 5.69 Å². The van der Waals surface area contributed by atoms with Crippen LogP contribution in [0.5, 0.6) is 5.75 Å². The maximum absolute atomic E-state index is 12.4. The molecule has 3 aromatic carbocycles. The molecule has 1 unspecified atom stereocenters. The molecule has 0 saturated carbocycles. The van der Waals surface area contributed by atoms with Crippen LogP contribution in [0.25, 0.3) is 17.1 Å². The van der Waals surface area contributed by atoms with Crippen molar-refractivity contribution >= 4 is 39.8 Å². The Morgan fingerprint density at radius 2 is 1.80 bits per heavy atom. The van der Waals surface area contributed by atoms with E-state index in [1.165, 1.54) is 57.7 Å². The minimum Gasteiger partial charge on any atom is -0.406 e. The molecule has 11 heteroatoms. The van der Waals surface area contributed by atoms with E-state index in [9.17, 15) is 13.2 Å². The van der Waals surface area contributed by atoms with Crippen molar-refractivity contribution in [1.82, 2.24) is 14.8 Å². The number of unbranched alkanes of at least 4 members (excludes halogenated alkanes) is 1. The van der Waals surface area contributed by atoms with E-state index in [1.54, 1.807) is 11.8 Å². The van der Waals surface area contributed by atoms with E-state index < -0.39 is 6.36 Å². The van der Waals surface area contributed by atoms with Gasteiger partial charge in [-0.1, -0.05) is 74.2 Å².